The Bertz CT molecular complexity index is 153. The third-order valence-corrected chi connectivity index (χ3v) is 0.490. The smallest absolute Gasteiger partial charge is 0.368 e. The van der Waals surface area contributed by atoms with Gasteiger partial charge in [0.1, 0.15) is 6.04 Å². The molecule has 11 heavy (non-hydrogen) atoms. The monoisotopic (exact) mass is 163 g/mol. The third kappa shape index (κ3) is 17.7. The Labute approximate surface area is 62.6 Å². The highest BCUT2D eigenvalue weighted by Crippen LogP contribution is 1.68. The Morgan fingerprint density at radius 3 is 1.64 bits per heavy atom. The van der Waals surface area contributed by atoms with Gasteiger partial charge in [0.2, 0.25) is 6.29 Å². The quantitative estimate of drug-likeness (QED) is 0.343. The summed E-state index contributed by atoms with van der Waals surface area (Å²) in [7, 11) is 0. The minimum absolute atomic E-state index is 0.167. The minimum Gasteiger partial charge on any atom is -0.480 e. The number of carboxylic acid groups (broad SMARTS) is 2. The lowest BCUT2D eigenvalue weighted by atomic mass is 10.4. The van der Waals surface area contributed by atoms with Gasteiger partial charge in [-0.15, -0.1) is 0 Å². The van der Waals surface area contributed by atoms with Gasteiger partial charge in [-0.05, 0) is 6.92 Å². The number of hydrogen-bond donors (Lipinski definition) is 3. The molecule has 0 fully saturated rings. The summed E-state index contributed by atoms with van der Waals surface area (Å²) in [6.45, 7) is 1.42. The number of rotatable bonds is 2. The molecule has 0 aliphatic carbocycles. The number of carboxylic acids is 2. The summed E-state index contributed by atoms with van der Waals surface area (Å²) >= 11 is 0. The molecule has 0 spiro atoms. The first kappa shape index (κ1) is 12.3. The maximum Gasteiger partial charge on any atom is 0.368 e. The summed E-state index contributed by atoms with van der Waals surface area (Å²) in [4.78, 5) is 27.5. The zero-order valence-electron chi connectivity index (χ0n) is 5.85. The second-order valence-corrected chi connectivity index (χ2v) is 1.58. The van der Waals surface area contributed by atoms with Crippen molar-refractivity contribution in [3.05, 3.63) is 0 Å². The molecular weight excluding hydrogens is 154 g/mol. The summed E-state index contributed by atoms with van der Waals surface area (Å²) in [5.74, 6) is -2.39. The number of nitrogens with two attached hydrogens (primary N) is 1. The van der Waals surface area contributed by atoms with E-state index in [2.05, 4.69) is 0 Å². The molecule has 0 bridgehead atoms. The number of carbonyl (C=O) groups is 3. The lowest BCUT2D eigenvalue weighted by Gasteiger charge is -1.90. The van der Waals surface area contributed by atoms with Crippen LogP contribution in [0, 0.1) is 0 Å². The molecule has 0 amide bonds. The van der Waals surface area contributed by atoms with Crippen molar-refractivity contribution in [2.24, 2.45) is 5.73 Å². The highest BCUT2D eigenvalue weighted by atomic mass is 16.4. The molecule has 6 nitrogen and oxygen atoms in total. The number of hydrogen-bond acceptors (Lipinski definition) is 4. The fourth-order valence-corrected chi connectivity index (χ4v) is 0. The van der Waals surface area contributed by atoms with Gasteiger partial charge in [-0.1, -0.05) is 0 Å². The molecule has 0 saturated heterocycles. The largest absolute Gasteiger partial charge is 0.480 e. The van der Waals surface area contributed by atoms with Crippen molar-refractivity contribution in [2.75, 3.05) is 0 Å². The second kappa shape index (κ2) is 6.69. The summed E-state index contributed by atoms with van der Waals surface area (Å²) < 4.78 is 0. The topological polar surface area (TPSA) is 118 Å². The molecule has 0 rings (SSSR count). The molecule has 6 heteroatoms. The first-order valence-electron chi connectivity index (χ1n) is 2.58. The molecule has 4 N–H and O–H groups in total. The molecule has 0 saturated carbocycles. The highest BCUT2D eigenvalue weighted by Gasteiger charge is 1.99. The van der Waals surface area contributed by atoms with E-state index in [1.807, 2.05) is 0 Å². The Hall–Kier alpha value is -1.43. The van der Waals surface area contributed by atoms with E-state index < -0.39 is 18.0 Å². The Kier molecular flexibility index (Phi) is 7.46. The number of carbonyl (C=O) groups excluding carboxylic acids is 1. The Balaban J connectivity index is 0. The molecule has 0 aromatic rings. The molecule has 0 heterocycles. The van der Waals surface area contributed by atoms with E-state index in [4.69, 9.17) is 25.5 Å². The van der Waals surface area contributed by atoms with Crippen molar-refractivity contribution in [3.8, 4) is 0 Å². The van der Waals surface area contributed by atoms with Gasteiger partial charge in [-0.3, -0.25) is 9.59 Å². The van der Waals surface area contributed by atoms with Crippen LogP contribution in [-0.4, -0.2) is 34.5 Å². The van der Waals surface area contributed by atoms with Crippen LogP contribution in [0.1, 0.15) is 6.92 Å². The Morgan fingerprint density at radius 1 is 1.45 bits per heavy atom. The van der Waals surface area contributed by atoms with Gasteiger partial charge in [0.05, 0.1) is 0 Å². The van der Waals surface area contributed by atoms with E-state index in [0.717, 1.165) is 0 Å². The SMILES string of the molecule is CC(N)C(=O)O.O=CC(=O)O. The van der Waals surface area contributed by atoms with Crippen LogP contribution < -0.4 is 5.73 Å². The van der Waals surface area contributed by atoms with Crippen molar-refractivity contribution in [3.63, 3.8) is 0 Å². The second-order valence-electron chi connectivity index (χ2n) is 1.58. The molecule has 0 aromatic heterocycles. The van der Waals surface area contributed by atoms with Gasteiger partial charge in [0.15, 0.2) is 0 Å². The highest BCUT2D eigenvalue weighted by molar-refractivity contribution is 6.19. The first-order valence-corrected chi connectivity index (χ1v) is 2.58. The maximum absolute atomic E-state index is 9.57. The van der Waals surface area contributed by atoms with Crippen molar-refractivity contribution < 1.29 is 24.6 Å². The zero-order chi connectivity index (χ0) is 9.44. The van der Waals surface area contributed by atoms with E-state index >= 15 is 0 Å². The lowest BCUT2D eigenvalue weighted by Crippen LogP contribution is -2.25. The van der Waals surface area contributed by atoms with Crippen LogP contribution in [0.4, 0.5) is 0 Å². The van der Waals surface area contributed by atoms with Crippen molar-refractivity contribution in [2.45, 2.75) is 13.0 Å². The van der Waals surface area contributed by atoms with Crippen LogP contribution in [0.25, 0.3) is 0 Å². The summed E-state index contributed by atoms with van der Waals surface area (Å²) in [6.07, 6.45) is -0.167. The lowest BCUT2D eigenvalue weighted by molar-refractivity contribution is -0.143. The van der Waals surface area contributed by atoms with Crippen LogP contribution in [0.15, 0.2) is 0 Å². The molecule has 0 aliphatic heterocycles. The zero-order valence-corrected chi connectivity index (χ0v) is 5.85. The van der Waals surface area contributed by atoms with Gasteiger partial charge in [0.25, 0.3) is 0 Å². The normalized spacial score (nSPS) is 10.4. The van der Waals surface area contributed by atoms with E-state index in [1.54, 1.807) is 0 Å². The molecule has 64 valence electrons. The first-order chi connectivity index (χ1) is 4.91. The molecule has 0 aliphatic rings. The van der Waals surface area contributed by atoms with Crippen LogP contribution in [0.2, 0.25) is 0 Å². The van der Waals surface area contributed by atoms with Crippen molar-refractivity contribution in [1.29, 1.82) is 0 Å². The van der Waals surface area contributed by atoms with Gasteiger partial charge in [-0.2, -0.15) is 0 Å². The number of aliphatic carboxylic acids is 2. The fraction of sp³-hybridized carbons (Fsp3) is 0.400. The van der Waals surface area contributed by atoms with Crippen LogP contribution >= 0.6 is 0 Å². The van der Waals surface area contributed by atoms with E-state index in [9.17, 15) is 4.79 Å². The molecular formula is C5H9NO5. The predicted molar refractivity (Wildman–Crippen MR) is 35.0 cm³/mol. The fourth-order valence-electron chi connectivity index (χ4n) is 0. The Morgan fingerprint density at radius 2 is 1.64 bits per heavy atom. The molecule has 0 radical (unpaired) electrons. The van der Waals surface area contributed by atoms with Crippen LogP contribution in [-0.2, 0) is 14.4 Å². The van der Waals surface area contributed by atoms with E-state index in [-0.39, 0.29) is 6.29 Å². The standard InChI is InChI=1S/C3H7NO2.C2H2O3/c1-2(4)3(5)6;3-1-2(4)5/h2H,4H2,1H3,(H,5,6);1H,(H,4,5). The minimum atomic E-state index is -1.43. The summed E-state index contributed by atoms with van der Waals surface area (Å²) in [5.41, 5.74) is 4.84. The predicted octanol–water partition coefficient (Wildman–Crippen LogP) is -1.31. The molecule has 1 atom stereocenters. The van der Waals surface area contributed by atoms with E-state index in [0.29, 0.717) is 0 Å². The van der Waals surface area contributed by atoms with Gasteiger partial charge in [-0.25, -0.2) is 4.79 Å². The third-order valence-electron chi connectivity index (χ3n) is 0.490. The maximum atomic E-state index is 9.57. The average molecular weight is 163 g/mol. The van der Waals surface area contributed by atoms with Crippen molar-refractivity contribution >= 4 is 18.2 Å². The average Bonchev–Trinajstić information content (AvgIpc) is 1.89. The summed E-state index contributed by atoms with van der Waals surface area (Å²) in [6, 6.07) is -0.731. The number of aldehydes is 1. The van der Waals surface area contributed by atoms with E-state index in [1.165, 1.54) is 6.92 Å². The van der Waals surface area contributed by atoms with Gasteiger partial charge >= 0.3 is 11.9 Å². The van der Waals surface area contributed by atoms with Crippen molar-refractivity contribution in [1.82, 2.24) is 0 Å². The molecule has 1 unspecified atom stereocenters. The van der Waals surface area contributed by atoms with Gasteiger partial charge in [0, 0.05) is 0 Å². The van der Waals surface area contributed by atoms with Gasteiger partial charge < -0.3 is 15.9 Å². The summed E-state index contributed by atoms with van der Waals surface area (Å²) in [5, 5.41) is 15.2. The molecule has 0 aromatic carbocycles. The van der Waals surface area contributed by atoms with Crippen LogP contribution in [0.5, 0.6) is 0 Å². The van der Waals surface area contributed by atoms with Crippen LogP contribution in [0.3, 0.4) is 0 Å².